The number of aryl methyl sites for hydroxylation is 1. The molecule has 1 fully saturated rings. The molecule has 1 saturated heterocycles. The number of anilines is 1. The van der Waals surface area contributed by atoms with E-state index in [4.69, 9.17) is 9.47 Å². The number of hydrogen-bond acceptors (Lipinski definition) is 8. The molecule has 1 aliphatic heterocycles. The molecule has 0 bridgehead atoms. The normalized spacial score (nSPS) is 17.1. The summed E-state index contributed by atoms with van der Waals surface area (Å²) in [7, 11) is 1.64. The van der Waals surface area contributed by atoms with Crippen molar-refractivity contribution >= 4 is 23.1 Å². The Morgan fingerprint density at radius 1 is 1.40 bits per heavy atom. The zero-order valence-corrected chi connectivity index (χ0v) is 15.5. The van der Waals surface area contributed by atoms with E-state index in [-0.39, 0.29) is 12.0 Å². The van der Waals surface area contributed by atoms with Crippen LogP contribution in [0.3, 0.4) is 0 Å². The van der Waals surface area contributed by atoms with Crippen molar-refractivity contribution in [2.24, 2.45) is 0 Å². The molecular weight excluding hydrogens is 340 g/mol. The second-order valence-electron chi connectivity index (χ2n) is 5.86. The van der Waals surface area contributed by atoms with Crippen LogP contribution in [0, 0.1) is 6.92 Å². The van der Waals surface area contributed by atoms with Crippen LogP contribution in [0.15, 0.2) is 11.4 Å². The number of ether oxygens (including phenoxy) is 2. The summed E-state index contributed by atoms with van der Waals surface area (Å²) in [5, 5.41) is 2.69. The van der Waals surface area contributed by atoms with E-state index < -0.39 is 0 Å². The molecule has 25 heavy (non-hydrogen) atoms. The maximum atomic E-state index is 11.9. The van der Waals surface area contributed by atoms with Gasteiger partial charge in [-0.3, -0.25) is 0 Å². The maximum Gasteiger partial charge on any atom is 0.357 e. The first-order chi connectivity index (χ1) is 12.1. The van der Waals surface area contributed by atoms with Crippen LogP contribution in [0.5, 0.6) is 0 Å². The van der Waals surface area contributed by atoms with Crippen molar-refractivity contribution in [2.45, 2.75) is 39.3 Å². The fourth-order valence-corrected chi connectivity index (χ4v) is 3.92. The predicted octanol–water partition coefficient (Wildman–Crippen LogP) is 2.91. The molecule has 0 amide bonds. The van der Waals surface area contributed by atoms with Crippen molar-refractivity contribution in [3.05, 3.63) is 33.7 Å². The molecule has 1 atom stereocenters. The third kappa shape index (κ3) is 3.96. The Labute approximate surface area is 151 Å². The minimum atomic E-state index is -0.366. The Morgan fingerprint density at radius 3 is 3.00 bits per heavy atom. The Kier molecular flexibility index (Phi) is 5.60. The molecule has 8 heteroatoms. The molecule has 0 N–H and O–H groups in total. The van der Waals surface area contributed by atoms with E-state index in [9.17, 15) is 4.79 Å². The monoisotopic (exact) mass is 362 g/mol. The van der Waals surface area contributed by atoms with Crippen LogP contribution < -0.4 is 4.90 Å². The van der Waals surface area contributed by atoms with Gasteiger partial charge >= 0.3 is 5.97 Å². The van der Waals surface area contributed by atoms with Gasteiger partial charge in [-0.1, -0.05) is 0 Å². The Morgan fingerprint density at radius 2 is 2.24 bits per heavy atom. The standard InChI is InChI=1S/C17H22N4O3S/c1-4-24-17(22)12-10-25-16(19-12)13-6-5-7-21(13)15-8-11(2)18-14(20-15)9-23-3/h8,10,13H,4-7,9H2,1-3H3/t13-/m1/s1. The summed E-state index contributed by atoms with van der Waals surface area (Å²) in [6.45, 7) is 5.39. The van der Waals surface area contributed by atoms with Crippen LogP contribution in [-0.2, 0) is 16.1 Å². The fraction of sp³-hybridized carbons (Fsp3) is 0.529. The average molecular weight is 362 g/mol. The number of rotatable bonds is 6. The van der Waals surface area contributed by atoms with E-state index in [2.05, 4.69) is 19.9 Å². The maximum absolute atomic E-state index is 11.9. The van der Waals surface area contributed by atoms with Gasteiger partial charge in [-0.05, 0) is 26.7 Å². The molecule has 134 valence electrons. The van der Waals surface area contributed by atoms with Gasteiger partial charge in [0.2, 0.25) is 0 Å². The summed E-state index contributed by atoms with van der Waals surface area (Å²) in [5.41, 5.74) is 1.29. The Balaban J connectivity index is 1.85. The molecule has 2 aromatic rings. The molecule has 3 heterocycles. The van der Waals surface area contributed by atoms with Gasteiger partial charge in [-0.2, -0.15) is 0 Å². The van der Waals surface area contributed by atoms with Crippen molar-refractivity contribution in [3.8, 4) is 0 Å². The second-order valence-corrected chi connectivity index (χ2v) is 6.75. The summed E-state index contributed by atoms with van der Waals surface area (Å²) in [6, 6.07) is 2.11. The van der Waals surface area contributed by atoms with E-state index in [0.717, 1.165) is 35.9 Å². The molecular formula is C17H22N4O3S. The molecule has 0 radical (unpaired) electrons. The number of methoxy groups -OCH3 is 1. The molecule has 7 nitrogen and oxygen atoms in total. The SMILES string of the molecule is CCOC(=O)c1csc([C@H]2CCCN2c2cc(C)nc(COC)n2)n1. The number of hydrogen-bond donors (Lipinski definition) is 0. The quantitative estimate of drug-likeness (QED) is 0.731. The van der Waals surface area contributed by atoms with Gasteiger partial charge in [0.1, 0.15) is 17.4 Å². The van der Waals surface area contributed by atoms with Gasteiger partial charge in [-0.25, -0.2) is 19.7 Å². The lowest BCUT2D eigenvalue weighted by atomic mass is 10.2. The fourth-order valence-electron chi connectivity index (χ4n) is 2.99. The van der Waals surface area contributed by atoms with Crippen molar-refractivity contribution in [1.82, 2.24) is 15.0 Å². The van der Waals surface area contributed by atoms with Gasteiger partial charge < -0.3 is 14.4 Å². The van der Waals surface area contributed by atoms with Gasteiger partial charge in [0.15, 0.2) is 11.5 Å². The minimum absolute atomic E-state index is 0.123. The highest BCUT2D eigenvalue weighted by Crippen LogP contribution is 2.36. The molecule has 3 rings (SSSR count). The molecule has 2 aromatic heterocycles. The largest absolute Gasteiger partial charge is 0.461 e. The summed E-state index contributed by atoms with van der Waals surface area (Å²) in [4.78, 5) is 27.6. The zero-order valence-electron chi connectivity index (χ0n) is 14.7. The van der Waals surface area contributed by atoms with Crippen LogP contribution in [0.4, 0.5) is 5.82 Å². The van der Waals surface area contributed by atoms with Gasteiger partial charge in [0, 0.05) is 30.8 Å². The topological polar surface area (TPSA) is 77.4 Å². The van der Waals surface area contributed by atoms with E-state index in [0.29, 0.717) is 24.7 Å². The Hall–Kier alpha value is -2.06. The number of thiazole rings is 1. The second kappa shape index (κ2) is 7.88. The summed E-state index contributed by atoms with van der Waals surface area (Å²) >= 11 is 1.50. The van der Waals surface area contributed by atoms with E-state index in [1.165, 1.54) is 11.3 Å². The number of nitrogens with zero attached hydrogens (tertiary/aromatic N) is 4. The van der Waals surface area contributed by atoms with Crippen LogP contribution in [0.1, 0.15) is 52.8 Å². The van der Waals surface area contributed by atoms with Crippen molar-refractivity contribution in [1.29, 1.82) is 0 Å². The van der Waals surface area contributed by atoms with Crippen LogP contribution >= 0.6 is 11.3 Å². The van der Waals surface area contributed by atoms with E-state index >= 15 is 0 Å². The van der Waals surface area contributed by atoms with Crippen LogP contribution in [0.2, 0.25) is 0 Å². The summed E-state index contributed by atoms with van der Waals surface area (Å²) in [6.07, 6.45) is 2.04. The molecule has 0 unspecified atom stereocenters. The molecule has 1 aliphatic rings. The minimum Gasteiger partial charge on any atom is -0.461 e. The molecule has 0 spiro atoms. The predicted molar refractivity (Wildman–Crippen MR) is 94.9 cm³/mol. The third-order valence-corrected chi connectivity index (χ3v) is 4.95. The first kappa shape index (κ1) is 17.8. The first-order valence-electron chi connectivity index (χ1n) is 8.35. The molecule has 0 saturated carbocycles. The van der Waals surface area contributed by atoms with E-state index in [1.54, 1.807) is 19.4 Å². The number of esters is 1. The summed E-state index contributed by atoms with van der Waals surface area (Å²) < 4.78 is 10.2. The van der Waals surface area contributed by atoms with Crippen LogP contribution in [-0.4, -0.2) is 41.2 Å². The van der Waals surface area contributed by atoms with Gasteiger partial charge in [0.05, 0.1) is 12.6 Å². The third-order valence-electron chi connectivity index (χ3n) is 4.00. The lowest BCUT2D eigenvalue weighted by Crippen LogP contribution is -2.24. The highest BCUT2D eigenvalue weighted by molar-refractivity contribution is 7.10. The zero-order chi connectivity index (χ0) is 17.8. The van der Waals surface area contributed by atoms with Gasteiger partial charge in [0.25, 0.3) is 0 Å². The highest BCUT2D eigenvalue weighted by Gasteiger charge is 2.30. The van der Waals surface area contributed by atoms with E-state index in [1.807, 2.05) is 13.0 Å². The average Bonchev–Trinajstić information content (AvgIpc) is 3.24. The van der Waals surface area contributed by atoms with Crippen molar-refractivity contribution < 1.29 is 14.3 Å². The summed E-state index contributed by atoms with van der Waals surface area (Å²) in [5.74, 6) is 1.19. The smallest absolute Gasteiger partial charge is 0.357 e. The van der Waals surface area contributed by atoms with Crippen molar-refractivity contribution in [2.75, 3.05) is 25.2 Å². The Bertz CT molecular complexity index is 749. The molecule has 0 aliphatic carbocycles. The highest BCUT2D eigenvalue weighted by atomic mass is 32.1. The van der Waals surface area contributed by atoms with Gasteiger partial charge in [-0.15, -0.1) is 11.3 Å². The first-order valence-corrected chi connectivity index (χ1v) is 9.23. The van der Waals surface area contributed by atoms with Crippen LogP contribution in [0.25, 0.3) is 0 Å². The lowest BCUT2D eigenvalue weighted by Gasteiger charge is -2.24. The number of carbonyl (C=O) groups is 1. The van der Waals surface area contributed by atoms with Crippen molar-refractivity contribution in [3.63, 3.8) is 0 Å². The lowest BCUT2D eigenvalue weighted by molar-refractivity contribution is 0.0520. The number of aromatic nitrogens is 3. The molecule has 0 aromatic carbocycles. The number of carbonyl (C=O) groups excluding carboxylic acids is 1.